The van der Waals surface area contributed by atoms with Gasteiger partial charge in [0.15, 0.2) is 0 Å². The third-order valence-corrected chi connectivity index (χ3v) is 2.66. The normalized spacial score (nSPS) is 10.3. The molecule has 0 radical (unpaired) electrons. The van der Waals surface area contributed by atoms with Gasteiger partial charge < -0.3 is 15.5 Å². The SMILES string of the molecule is Cc1ccc(N)c(NC(=O)CCc2ccco2)c1. The van der Waals surface area contributed by atoms with Crippen LogP contribution >= 0.6 is 0 Å². The van der Waals surface area contributed by atoms with E-state index in [4.69, 9.17) is 10.2 Å². The Balaban J connectivity index is 1.92. The van der Waals surface area contributed by atoms with Gasteiger partial charge in [-0.05, 0) is 36.8 Å². The summed E-state index contributed by atoms with van der Waals surface area (Å²) in [5.74, 6) is 0.742. The van der Waals surface area contributed by atoms with Crippen molar-refractivity contribution in [3.63, 3.8) is 0 Å². The van der Waals surface area contributed by atoms with Crippen LogP contribution in [0, 0.1) is 6.92 Å². The molecule has 0 aliphatic heterocycles. The van der Waals surface area contributed by atoms with Crippen molar-refractivity contribution in [3.05, 3.63) is 47.9 Å². The minimum atomic E-state index is -0.0660. The average Bonchev–Trinajstić information content (AvgIpc) is 2.84. The lowest BCUT2D eigenvalue weighted by molar-refractivity contribution is -0.116. The van der Waals surface area contributed by atoms with Crippen LogP contribution in [0.1, 0.15) is 17.7 Å². The molecule has 18 heavy (non-hydrogen) atoms. The van der Waals surface area contributed by atoms with E-state index >= 15 is 0 Å². The monoisotopic (exact) mass is 244 g/mol. The number of benzene rings is 1. The fourth-order valence-corrected chi connectivity index (χ4v) is 1.68. The molecule has 4 nitrogen and oxygen atoms in total. The van der Waals surface area contributed by atoms with Gasteiger partial charge in [-0.25, -0.2) is 0 Å². The van der Waals surface area contributed by atoms with E-state index in [1.165, 1.54) is 0 Å². The molecule has 0 saturated carbocycles. The van der Waals surface area contributed by atoms with Crippen LogP contribution in [0.4, 0.5) is 11.4 Å². The predicted molar refractivity (Wildman–Crippen MR) is 71.3 cm³/mol. The number of rotatable bonds is 4. The summed E-state index contributed by atoms with van der Waals surface area (Å²) in [6, 6.07) is 9.23. The number of anilines is 2. The third kappa shape index (κ3) is 3.13. The zero-order valence-corrected chi connectivity index (χ0v) is 10.3. The van der Waals surface area contributed by atoms with Crippen LogP contribution in [0.25, 0.3) is 0 Å². The number of amides is 1. The summed E-state index contributed by atoms with van der Waals surface area (Å²) >= 11 is 0. The highest BCUT2D eigenvalue weighted by Gasteiger charge is 2.06. The van der Waals surface area contributed by atoms with Crippen molar-refractivity contribution in [3.8, 4) is 0 Å². The first-order chi connectivity index (χ1) is 8.65. The topological polar surface area (TPSA) is 68.3 Å². The van der Waals surface area contributed by atoms with Crippen molar-refractivity contribution >= 4 is 17.3 Å². The summed E-state index contributed by atoms with van der Waals surface area (Å²) in [5.41, 5.74) is 8.10. The van der Waals surface area contributed by atoms with Gasteiger partial charge in [0.1, 0.15) is 5.76 Å². The molecule has 2 rings (SSSR count). The molecule has 0 spiro atoms. The van der Waals surface area contributed by atoms with Crippen molar-refractivity contribution in [2.75, 3.05) is 11.1 Å². The van der Waals surface area contributed by atoms with Gasteiger partial charge >= 0.3 is 0 Å². The zero-order valence-electron chi connectivity index (χ0n) is 10.3. The third-order valence-electron chi connectivity index (χ3n) is 2.66. The first-order valence-corrected chi connectivity index (χ1v) is 5.83. The van der Waals surface area contributed by atoms with Crippen LogP contribution in [0.3, 0.4) is 0 Å². The van der Waals surface area contributed by atoms with Crippen molar-refractivity contribution < 1.29 is 9.21 Å². The number of nitrogens with one attached hydrogen (secondary N) is 1. The van der Waals surface area contributed by atoms with Crippen molar-refractivity contribution in [2.45, 2.75) is 19.8 Å². The number of aryl methyl sites for hydroxylation is 2. The molecule has 0 saturated heterocycles. The Labute approximate surface area is 106 Å². The summed E-state index contributed by atoms with van der Waals surface area (Å²) in [7, 11) is 0. The number of hydrogen-bond donors (Lipinski definition) is 2. The number of hydrogen-bond acceptors (Lipinski definition) is 3. The van der Waals surface area contributed by atoms with Crippen LogP contribution in [-0.4, -0.2) is 5.91 Å². The van der Waals surface area contributed by atoms with E-state index < -0.39 is 0 Å². The highest BCUT2D eigenvalue weighted by molar-refractivity contribution is 5.94. The Morgan fingerprint density at radius 3 is 2.94 bits per heavy atom. The van der Waals surface area contributed by atoms with E-state index in [2.05, 4.69) is 5.32 Å². The number of nitrogens with two attached hydrogens (primary N) is 1. The molecule has 0 unspecified atom stereocenters. The van der Waals surface area contributed by atoms with E-state index in [0.29, 0.717) is 24.2 Å². The van der Waals surface area contributed by atoms with E-state index in [1.807, 2.05) is 31.2 Å². The van der Waals surface area contributed by atoms with Gasteiger partial charge in [0.05, 0.1) is 17.6 Å². The van der Waals surface area contributed by atoms with Crippen LogP contribution < -0.4 is 11.1 Å². The quantitative estimate of drug-likeness (QED) is 0.812. The fourth-order valence-electron chi connectivity index (χ4n) is 1.68. The standard InChI is InChI=1S/C14H16N2O2/c1-10-4-6-12(15)13(9-10)16-14(17)7-5-11-3-2-8-18-11/h2-4,6,8-9H,5,7,15H2,1H3,(H,16,17). The second-order valence-corrected chi connectivity index (χ2v) is 4.22. The average molecular weight is 244 g/mol. The molecule has 3 N–H and O–H groups in total. The number of carbonyl (C=O) groups excluding carboxylic acids is 1. The van der Waals surface area contributed by atoms with E-state index in [9.17, 15) is 4.79 Å². The lowest BCUT2D eigenvalue weighted by Crippen LogP contribution is -2.13. The molecule has 0 aliphatic carbocycles. The van der Waals surface area contributed by atoms with Gasteiger partial charge in [0.2, 0.25) is 5.91 Å². The molecule has 0 atom stereocenters. The highest BCUT2D eigenvalue weighted by Crippen LogP contribution is 2.19. The molecule has 1 heterocycles. The van der Waals surface area contributed by atoms with Gasteiger partial charge in [0, 0.05) is 12.8 Å². The molecule has 1 amide bonds. The molecular formula is C14H16N2O2. The summed E-state index contributed by atoms with van der Waals surface area (Å²) in [6.45, 7) is 1.96. The number of furan rings is 1. The van der Waals surface area contributed by atoms with Crippen molar-refractivity contribution in [1.29, 1.82) is 0 Å². The Bertz CT molecular complexity index is 533. The van der Waals surface area contributed by atoms with Crippen molar-refractivity contribution in [2.24, 2.45) is 0 Å². The molecule has 4 heteroatoms. The smallest absolute Gasteiger partial charge is 0.224 e. The molecule has 2 aromatic rings. The van der Waals surface area contributed by atoms with E-state index in [-0.39, 0.29) is 5.91 Å². The predicted octanol–water partition coefficient (Wildman–Crippen LogP) is 2.74. The second-order valence-electron chi connectivity index (χ2n) is 4.22. The fraction of sp³-hybridized carbons (Fsp3) is 0.214. The van der Waals surface area contributed by atoms with Gasteiger partial charge in [-0.3, -0.25) is 4.79 Å². The Hall–Kier alpha value is -2.23. The van der Waals surface area contributed by atoms with Crippen LogP contribution in [0.5, 0.6) is 0 Å². The van der Waals surface area contributed by atoms with Gasteiger partial charge in [-0.2, -0.15) is 0 Å². The molecule has 1 aromatic heterocycles. The number of carbonyl (C=O) groups is 1. The molecule has 0 bridgehead atoms. The van der Waals surface area contributed by atoms with Gasteiger partial charge in [0.25, 0.3) is 0 Å². The van der Waals surface area contributed by atoms with Crippen LogP contribution in [0.15, 0.2) is 41.0 Å². The number of nitrogen functional groups attached to an aromatic ring is 1. The lowest BCUT2D eigenvalue weighted by atomic mass is 10.2. The molecule has 0 fully saturated rings. The first-order valence-electron chi connectivity index (χ1n) is 5.83. The van der Waals surface area contributed by atoms with E-state index in [0.717, 1.165) is 11.3 Å². The maximum atomic E-state index is 11.8. The minimum absolute atomic E-state index is 0.0660. The minimum Gasteiger partial charge on any atom is -0.469 e. The van der Waals surface area contributed by atoms with Gasteiger partial charge in [-0.15, -0.1) is 0 Å². The summed E-state index contributed by atoms with van der Waals surface area (Å²) in [5, 5.41) is 2.81. The van der Waals surface area contributed by atoms with E-state index in [1.54, 1.807) is 12.3 Å². The van der Waals surface area contributed by atoms with Crippen LogP contribution in [-0.2, 0) is 11.2 Å². The molecule has 94 valence electrons. The largest absolute Gasteiger partial charge is 0.469 e. The van der Waals surface area contributed by atoms with Crippen LogP contribution in [0.2, 0.25) is 0 Å². The Morgan fingerprint density at radius 2 is 2.22 bits per heavy atom. The second kappa shape index (κ2) is 5.40. The van der Waals surface area contributed by atoms with Crippen molar-refractivity contribution in [1.82, 2.24) is 0 Å². The summed E-state index contributed by atoms with van der Waals surface area (Å²) in [4.78, 5) is 11.8. The Morgan fingerprint density at radius 1 is 1.39 bits per heavy atom. The first kappa shape index (κ1) is 12.2. The Kier molecular flexibility index (Phi) is 3.67. The lowest BCUT2D eigenvalue weighted by Gasteiger charge is -2.08. The highest BCUT2D eigenvalue weighted by atomic mass is 16.3. The molecule has 1 aromatic carbocycles. The molecular weight excluding hydrogens is 228 g/mol. The maximum absolute atomic E-state index is 11.8. The maximum Gasteiger partial charge on any atom is 0.224 e. The molecule has 0 aliphatic rings. The van der Waals surface area contributed by atoms with Gasteiger partial charge in [-0.1, -0.05) is 6.07 Å². The summed E-state index contributed by atoms with van der Waals surface area (Å²) < 4.78 is 5.17. The zero-order chi connectivity index (χ0) is 13.0. The summed E-state index contributed by atoms with van der Waals surface area (Å²) in [6.07, 6.45) is 2.57.